The molecule has 0 spiro atoms. The van der Waals surface area contributed by atoms with E-state index in [1.807, 2.05) is 42.6 Å². The number of rotatable bonds is 5. The molecule has 102 valence electrons. The van der Waals surface area contributed by atoms with Gasteiger partial charge < -0.3 is 11.1 Å². The second-order valence-corrected chi connectivity index (χ2v) is 5.14. The second kappa shape index (κ2) is 5.36. The number of nitrogens with two attached hydrogens (primary N) is 1. The smallest absolute Gasteiger partial charge is 0.226 e. The standard InChI is InChI=1S/C13H19N5O/c1-13(2,9-14)12(19)15-7-6-11-17-16-10-5-3-4-8-18(10)11/h3-5,8H,6-7,9,14H2,1-2H3,(H,15,19). The van der Waals surface area contributed by atoms with E-state index in [-0.39, 0.29) is 5.91 Å². The van der Waals surface area contributed by atoms with Crippen molar-refractivity contribution in [3.05, 3.63) is 30.2 Å². The summed E-state index contributed by atoms with van der Waals surface area (Å²) in [6, 6.07) is 5.74. The van der Waals surface area contributed by atoms with Crippen LogP contribution in [0, 0.1) is 5.41 Å². The number of fused-ring (bicyclic) bond motifs is 1. The molecule has 3 N–H and O–H groups in total. The molecule has 6 heteroatoms. The maximum absolute atomic E-state index is 11.9. The van der Waals surface area contributed by atoms with E-state index >= 15 is 0 Å². The molecule has 2 rings (SSSR count). The monoisotopic (exact) mass is 261 g/mol. The molecule has 2 aromatic heterocycles. The highest BCUT2D eigenvalue weighted by Gasteiger charge is 2.25. The third-order valence-electron chi connectivity index (χ3n) is 3.14. The number of aromatic nitrogens is 3. The second-order valence-electron chi connectivity index (χ2n) is 5.14. The molecule has 2 aromatic rings. The number of carbonyl (C=O) groups is 1. The minimum absolute atomic E-state index is 0.0381. The van der Waals surface area contributed by atoms with Crippen molar-refractivity contribution in [2.24, 2.45) is 11.1 Å². The predicted molar refractivity (Wildman–Crippen MR) is 72.5 cm³/mol. The number of hydrogen-bond acceptors (Lipinski definition) is 4. The molecule has 0 aliphatic rings. The molecule has 0 saturated heterocycles. The van der Waals surface area contributed by atoms with Gasteiger partial charge in [-0.2, -0.15) is 0 Å². The van der Waals surface area contributed by atoms with Gasteiger partial charge in [0, 0.05) is 25.7 Å². The highest BCUT2D eigenvalue weighted by Crippen LogP contribution is 2.12. The van der Waals surface area contributed by atoms with E-state index in [0.29, 0.717) is 19.5 Å². The van der Waals surface area contributed by atoms with Gasteiger partial charge >= 0.3 is 0 Å². The van der Waals surface area contributed by atoms with Gasteiger partial charge in [0.05, 0.1) is 5.41 Å². The summed E-state index contributed by atoms with van der Waals surface area (Å²) in [6.07, 6.45) is 2.55. The maximum atomic E-state index is 11.9. The van der Waals surface area contributed by atoms with Crippen LogP contribution in [0.1, 0.15) is 19.7 Å². The van der Waals surface area contributed by atoms with Crippen LogP contribution in [0.25, 0.3) is 5.65 Å². The van der Waals surface area contributed by atoms with Gasteiger partial charge in [0.15, 0.2) is 5.65 Å². The molecule has 0 radical (unpaired) electrons. The molecule has 19 heavy (non-hydrogen) atoms. The highest BCUT2D eigenvalue weighted by molar-refractivity contribution is 5.81. The summed E-state index contributed by atoms with van der Waals surface area (Å²) in [5, 5.41) is 11.0. The van der Waals surface area contributed by atoms with E-state index < -0.39 is 5.41 Å². The quantitative estimate of drug-likeness (QED) is 0.814. The summed E-state index contributed by atoms with van der Waals surface area (Å²) < 4.78 is 1.92. The van der Waals surface area contributed by atoms with Crippen molar-refractivity contribution in [3.8, 4) is 0 Å². The first-order chi connectivity index (χ1) is 9.04. The van der Waals surface area contributed by atoms with Crippen LogP contribution >= 0.6 is 0 Å². The van der Waals surface area contributed by atoms with Crippen LogP contribution < -0.4 is 11.1 Å². The summed E-state index contributed by atoms with van der Waals surface area (Å²) >= 11 is 0. The zero-order valence-electron chi connectivity index (χ0n) is 11.3. The molecule has 0 aliphatic heterocycles. The van der Waals surface area contributed by atoms with Gasteiger partial charge in [-0.15, -0.1) is 10.2 Å². The molecule has 0 aliphatic carbocycles. The molecular formula is C13H19N5O. The Morgan fingerprint density at radius 2 is 2.21 bits per heavy atom. The van der Waals surface area contributed by atoms with Crippen LogP contribution in [0.5, 0.6) is 0 Å². The van der Waals surface area contributed by atoms with Gasteiger partial charge in [0.2, 0.25) is 5.91 Å². The van der Waals surface area contributed by atoms with Crippen molar-refractivity contribution in [1.82, 2.24) is 19.9 Å². The number of pyridine rings is 1. The Morgan fingerprint density at radius 3 is 2.95 bits per heavy atom. The van der Waals surface area contributed by atoms with Crippen LogP contribution in [-0.4, -0.2) is 33.6 Å². The lowest BCUT2D eigenvalue weighted by Crippen LogP contribution is -2.42. The van der Waals surface area contributed by atoms with Crippen molar-refractivity contribution in [3.63, 3.8) is 0 Å². The summed E-state index contributed by atoms with van der Waals surface area (Å²) in [5.74, 6) is 0.797. The van der Waals surface area contributed by atoms with Gasteiger partial charge in [-0.1, -0.05) is 6.07 Å². The molecule has 0 saturated carbocycles. The van der Waals surface area contributed by atoms with Gasteiger partial charge in [-0.25, -0.2) is 0 Å². The zero-order chi connectivity index (χ0) is 13.9. The molecule has 1 amide bonds. The van der Waals surface area contributed by atoms with E-state index in [9.17, 15) is 4.79 Å². The Hall–Kier alpha value is -1.95. The minimum atomic E-state index is -0.535. The van der Waals surface area contributed by atoms with Crippen molar-refractivity contribution in [2.45, 2.75) is 20.3 Å². The lowest BCUT2D eigenvalue weighted by atomic mass is 9.93. The number of nitrogens with one attached hydrogen (secondary N) is 1. The summed E-state index contributed by atoms with van der Waals surface area (Å²) in [6.45, 7) is 4.51. The summed E-state index contributed by atoms with van der Waals surface area (Å²) in [5.41, 5.74) is 5.84. The minimum Gasteiger partial charge on any atom is -0.355 e. The average Bonchev–Trinajstić information content (AvgIpc) is 2.82. The van der Waals surface area contributed by atoms with Crippen molar-refractivity contribution in [2.75, 3.05) is 13.1 Å². The Balaban J connectivity index is 1.95. The maximum Gasteiger partial charge on any atom is 0.226 e. The summed E-state index contributed by atoms with van der Waals surface area (Å²) in [7, 11) is 0. The molecule has 6 nitrogen and oxygen atoms in total. The largest absolute Gasteiger partial charge is 0.355 e. The van der Waals surface area contributed by atoms with E-state index in [0.717, 1.165) is 11.5 Å². The predicted octanol–water partition coefficient (Wildman–Crippen LogP) is 0.373. The fraction of sp³-hybridized carbons (Fsp3) is 0.462. The van der Waals surface area contributed by atoms with Crippen LogP contribution in [0.2, 0.25) is 0 Å². The molecule has 2 heterocycles. The molecule has 0 fully saturated rings. The SMILES string of the molecule is CC(C)(CN)C(=O)NCCc1nnc2ccccn12. The topological polar surface area (TPSA) is 85.3 Å². The molecule has 0 atom stereocenters. The first-order valence-electron chi connectivity index (χ1n) is 6.31. The lowest BCUT2D eigenvalue weighted by Gasteiger charge is -2.20. The number of carbonyl (C=O) groups excluding carboxylic acids is 1. The third-order valence-corrected chi connectivity index (χ3v) is 3.14. The lowest BCUT2D eigenvalue weighted by molar-refractivity contribution is -0.128. The van der Waals surface area contributed by atoms with Gasteiger partial charge in [-0.05, 0) is 26.0 Å². The Kier molecular flexibility index (Phi) is 3.80. The molecule has 0 unspecified atom stereocenters. The van der Waals surface area contributed by atoms with Crippen molar-refractivity contribution in [1.29, 1.82) is 0 Å². The van der Waals surface area contributed by atoms with Crippen LogP contribution in [0.15, 0.2) is 24.4 Å². The molecule has 0 aromatic carbocycles. The van der Waals surface area contributed by atoms with Gasteiger partial charge in [0.25, 0.3) is 0 Å². The third kappa shape index (κ3) is 2.90. The number of hydrogen-bond donors (Lipinski definition) is 2. The van der Waals surface area contributed by atoms with Crippen LogP contribution in [0.3, 0.4) is 0 Å². The van der Waals surface area contributed by atoms with Gasteiger partial charge in [-0.3, -0.25) is 9.20 Å². The summed E-state index contributed by atoms with van der Waals surface area (Å²) in [4.78, 5) is 11.9. The Morgan fingerprint density at radius 1 is 1.42 bits per heavy atom. The zero-order valence-corrected chi connectivity index (χ0v) is 11.3. The van der Waals surface area contributed by atoms with Crippen LogP contribution in [0.4, 0.5) is 0 Å². The van der Waals surface area contributed by atoms with E-state index in [1.54, 1.807) is 0 Å². The van der Waals surface area contributed by atoms with E-state index in [4.69, 9.17) is 5.73 Å². The van der Waals surface area contributed by atoms with Crippen molar-refractivity contribution < 1.29 is 4.79 Å². The molecular weight excluding hydrogens is 242 g/mol. The highest BCUT2D eigenvalue weighted by atomic mass is 16.2. The fourth-order valence-corrected chi connectivity index (χ4v) is 1.68. The fourth-order valence-electron chi connectivity index (χ4n) is 1.68. The average molecular weight is 261 g/mol. The van der Waals surface area contributed by atoms with Crippen LogP contribution in [-0.2, 0) is 11.2 Å². The Bertz CT molecular complexity index is 575. The van der Waals surface area contributed by atoms with Crippen molar-refractivity contribution >= 4 is 11.6 Å². The van der Waals surface area contributed by atoms with E-state index in [1.165, 1.54) is 0 Å². The van der Waals surface area contributed by atoms with E-state index in [2.05, 4.69) is 15.5 Å². The first-order valence-corrected chi connectivity index (χ1v) is 6.31. The number of nitrogens with zero attached hydrogens (tertiary/aromatic N) is 3. The molecule has 0 bridgehead atoms. The number of amides is 1. The normalized spacial score (nSPS) is 11.7. The van der Waals surface area contributed by atoms with Gasteiger partial charge in [0.1, 0.15) is 5.82 Å². The first kappa shape index (κ1) is 13.5. The Labute approximate surface area is 112 Å².